The van der Waals surface area contributed by atoms with Crippen LogP contribution in [0, 0.1) is 5.92 Å². The van der Waals surface area contributed by atoms with Crippen molar-refractivity contribution >= 4 is 5.91 Å². The lowest BCUT2D eigenvalue weighted by Crippen LogP contribution is -2.31. The molecule has 1 unspecified atom stereocenters. The van der Waals surface area contributed by atoms with Gasteiger partial charge in [-0.05, 0) is 37.1 Å². The Morgan fingerprint density at radius 3 is 2.85 bits per heavy atom. The zero-order valence-corrected chi connectivity index (χ0v) is 11.9. The molecule has 0 saturated carbocycles. The van der Waals surface area contributed by atoms with Gasteiger partial charge in [0.25, 0.3) is 0 Å². The van der Waals surface area contributed by atoms with Gasteiger partial charge < -0.3 is 20.5 Å². The van der Waals surface area contributed by atoms with E-state index in [4.69, 9.17) is 15.2 Å². The summed E-state index contributed by atoms with van der Waals surface area (Å²) >= 11 is 0. The Morgan fingerprint density at radius 2 is 2.10 bits per heavy atom. The molecule has 1 amide bonds. The van der Waals surface area contributed by atoms with Crippen molar-refractivity contribution < 1.29 is 14.3 Å². The van der Waals surface area contributed by atoms with Crippen molar-refractivity contribution in [2.75, 3.05) is 26.3 Å². The Kier molecular flexibility index (Phi) is 5.24. The maximum absolute atomic E-state index is 11.7. The Bertz CT molecular complexity index is 462. The molecule has 1 aliphatic heterocycles. The van der Waals surface area contributed by atoms with Gasteiger partial charge in [-0.15, -0.1) is 0 Å². The highest BCUT2D eigenvalue weighted by Gasteiger charge is 2.13. The lowest BCUT2D eigenvalue weighted by molar-refractivity contribution is -0.124. The van der Waals surface area contributed by atoms with Crippen LogP contribution in [0.4, 0.5) is 0 Å². The highest BCUT2D eigenvalue weighted by molar-refractivity contribution is 5.78. The summed E-state index contributed by atoms with van der Waals surface area (Å²) in [5, 5.41) is 2.93. The summed E-state index contributed by atoms with van der Waals surface area (Å²) in [5.74, 6) is 1.62. The van der Waals surface area contributed by atoms with Crippen molar-refractivity contribution in [1.82, 2.24) is 5.32 Å². The van der Waals surface area contributed by atoms with Crippen LogP contribution in [-0.4, -0.2) is 32.2 Å². The monoisotopic (exact) mass is 278 g/mol. The van der Waals surface area contributed by atoms with E-state index in [9.17, 15) is 4.79 Å². The molecular formula is C15H22N2O3. The molecule has 5 heteroatoms. The van der Waals surface area contributed by atoms with Crippen LogP contribution in [-0.2, 0) is 11.2 Å². The van der Waals surface area contributed by atoms with Crippen LogP contribution in [0.5, 0.6) is 11.5 Å². The molecular weight excluding hydrogens is 256 g/mol. The van der Waals surface area contributed by atoms with Crippen molar-refractivity contribution in [3.63, 3.8) is 0 Å². The lowest BCUT2D eigenvalue weighted by atomic mass is 10.1. The zero-order valence-electron chi connectivity index (χ0n) is 11.9. The molecule has 0 radical (unpaired) electrons. The maximum atomic E-state index is 11.7. The molecule has 0 aromatic heterocycles. The van der Waals surface area contributed by atoms with E-state index < -0.39 is 0 Å². The van der Waals surface area contributed by atoms with Crippen LogP contribution in [0.25, 0.3) is 0 Å². The minimum atomic E-state index is -0.0275. The van der Waals surface area contributed by atoms with E-state index in [1.165, 1.54) is 0 Å². The Hall–Kier alpha value is -1.75. The number of nitrogens with two attached hydrogens (primary N) is 1. The number of hydrogen-bond donors (Lipinski definition) is 2. The largest absolute Gasteiger partial charge is 0.486 e. The highest BCUT2D eigenvalue weighted by atomic mass is 16.6. The van der Waals surface area contributed by atoms with Crippen molar-refractivity contribution in [1.29, 1.82) is 0 Å². The standard InChI is InChI=1S/C15H22N2O3/c1-11(4-6-16)15(18)17-7-5-12-2-3-13-14(10-12)20-9-8-19-13/h2-3,10-11H,4-9,16H2,1H3,(H,17,18). The summed E-state index contributed by atoms with van der Waals surface area (Å²) in [7, 11) is 0. The van der Waals surface area contributed by atoms with Crippen LogP contribution in [0.1, 0.15) is 18.9 Å². The fourth-order valence-corrected chi connectivity index (χ4v) is 2.13. The Balaban J connectivity index is 1.81. The molecule has 1 aromatic rings. The SMILES string of the molecule is CC(CCN)C(=O)NCCc1ccc2c(c1)OCCO2. The minimum Gasteiger partial charge on any atom is -0.486 e. The van der Waals surface area contributed by atoms with E-state index >= 15 is 0 Å². The first-order chi connectivity index (χ1) is 9.70. The molecule has 1 aliphatic rings. The number of rotatable bonds is 6. The number of fused-ring (bicyclic) bond motifs is 1. The van der Waals surface area contributed by atoms with E-state index in [-0.39, 0.29) is 11.8 Å². The first kappa shape index (κ1) is 14.7. The predicted octanol–water partition coefficient (Wildman–Crippen LogP) is 1.10. The van der Waals surface area contributed by atoms with E-state index in [2.05, 4.69) is 5.32 Å². The molecule has 1 aromatic carbocycles. The summed E-state index contributed by atoms with van der Waals surface area (Å²) in [6, 6.07) is 5.90. The molecule has 0 aliphatic carbocycles. The smallest absolute Gasteiger partial charge is 0.222 e. The van der Waals surface area contributed by atoms with E-state index in [1.807, 2.05) is 25.1 Å². The summed E-state index contributed by atoms with van der Waals surface area (Å²) in [5.41, 5.74) is 6.57. The number of carbonyl (C=O) groups is 1. The van der Waals surface area contributed by atoms with Gasteiger partial charge in [-0.25, -0.2) is 0 Å². The van der Waals surface area contributed by atoms with Gasteiger partial charge in [-0.3, -0.25) is 4.79 Å². The van der Waals surface area contributed by atoms with Gasteiger partial charge in [0.15, 0.2) is 11.5 Å². The topological polar surface area (TPSA) is 73.6 Å². The van der Waals surface area contributed by atoms with Crippen LogP contribution >= 0.6 is 0 Å². The second kappa shape index (κ2) is 7.14. The van der Waals surface area contributed by atoms with Crippen LogP contribution in [0.2, 0.25) is 0 Å². The van der Waals surface area contributed by atoms with Gasteiger partial charge in [0, 0.05) is 12.5 Å². The first-order valence-corrected chi connectivity index (χ1v) is 7.07. The maximum Gasteiger partial charge on any atom is 0.222 e. The molecule has 0 saturated heterocycles. The molecule has 5 nitrogen and oxygen atoms in total. The number of ether oxygens (including phenoxy) is 2. The minimum absolute atomic E-state index is 0.0275. The number of nitrogens with one attached hydrogen (secondary N) is 1. The number of carbonyl (C=O) groups excluding carboxylic acids is 1. The van der Waals surface area contributed by atoms with Gasteiger partial charge in [0.2, 0.25) is 5.91 Å². The van der Waals surface area contributed by atoms with E-state index in [0.29, 0.717) is 26.3 Å². The third-order valence-electron chi connectivity index (χ3n) is 3.37. The van der Waals surface area contributed by atoms with Crippen LogP contribution in [0.3, 0.4) is 0 Å². The lowest BCUT2D eigenvalue weighted by Gasteiger charge is -2.19. The van der Waals surface area contributed by atoms with Gasteiger partial charge in [0.05, 0.1) is 0 Å². The van der Waals surface area contributed by atoms with Crippen molar-refractivity contribution in [3.05, 3.63) is 23.8 Å². The molecule has 0 fully saturated rings. The van der Waals surface area contributed by atoms with Crippen molar-refractivity contribution in [2.45, 2.75) is 19.8 Å². The third kappa shape index (κ3) is 3.87. The number of hydrogen-bond acceptors (Lipinski definition) is 4. The zero-order chi connectivity index (χ0) is 14.4. The molecule has 2 rings (SSSR count). The molecule has 0 spiro atoms. The molecule has 3 N–H and O–H groups in total. The predicted molar refractivity (Wildman–Crippen MR) is 77.0 cm³/mol. The summed E-state index contributed by atoms with van der Waals surface area (Å²) in [4.78, 5) is 11.7. The average Bonchev–Trinajstić information content (AvgIpc) is 2.47. The van der Waals surface area contributed by atoms with Crippen molar-refractivity contribution in [2.24, 2.45) is 11.7 Å². The second-order valence-corrected chi connectivity index (χ2v) is 5.00. The van der Waals surface area contributed by atoms with E-state index in [1.54, 1.807) is 0 Å². The molecule has 20 heavy (non-hydrogen) atoms. The Labute approximate surface area is 119 Å². The quantitative estimate of drug-likeness (QED) is 0.817. The summed E-state index contributed by atoms with van der Waals surface area (Å²) in [6.07, 6.45) is 1.49. The third-order valence-corrected chi connectivity index (χ3v) is 3.37. The van der Waals surface area contributed by atoms with Gasteiger partial charge in [0.1, 0.15) is 13.2 Å². The highest BCUT2D eigenvalue weighted by Crippen LogP contribution is 2.30. The fraction of sp³-hybridized carbons (Fsp3) is 0.533. The molecule has 0 bridgehead atoms. The normalized spacial score (nSPS) is 14.7. The van der Waals surface area contributed by atoms with Gasteiger partial charge >= 0.3 is 0 Å². The van der Waals surface area contributed by atoms with Crippen molar-refractivity contribution in [3.8, 4) is 11.5 Å². The van der Waals surface area contributed by atoms with E-state index in [0.717, 1.165) is 29.9 Å². The Morgan fingerprint density at radius 1 is 1.35 bits per heavy atom. The molecule has 1 heterocycles. The number of amides is 1. The van der Waals surface area contributed by atoms with Gasteiger partial charge in [-0.1, -0.05) is 13.0 Å². The second-order valence-electron chi connectivity index (χ2n) is 5.00. The van der Waals surface area contributed by atoms with Crippen LogP contribution in [0.15, 0.2) is 18.2 Å². The van der Waals surface area contributed by atoms with Gasteiger partial charge in [-0.2, -0.15) is 0 Å². The summed E-state index contributed by atoms with van der Waals surface area (Å²) in [6.45, 7) is 4.24. The molecule has 110 valence electrons. The average molecular weight is 278 g/mol. The van der Waals surface area contributed by atoms with Crippen LogP contribution < -0.4 is 20.5 Å². The first-order valence-electron chi connectivity index (χ1n) is 7.07. The fourth-order valence-electron chi connectivity index (χ4n) is 2.13. The summed E-state index contributed by atoms with van der Waals surface area (Å²) < 4.78 is 11.0. The molecule has 1 atom stereocenters. The number of benzene rings is 1.